The monoisotopic (exact) mass is 648 g/mol. The summed E-state index contributed by atoms with van der Waals surface area (Å²) in [6, 6.07) is 36.1. The molecule has 8 rings (SSSR count). The molecule has 8 aromatic rings. The number of hydrogen-bond donors (Lipinski definition) is 2. The van der Waals surface area contributed by atoms with Crippen LogP contribution >= 0.6 is 0 Å². The van der Waals surface area contributed by atoms with Crippen molar-refractivity contribution in [3.8, 4) is 44.5 Å². The van der Waals surface area contributed by atoms with Crippen molar-refractivity contribution in [2.45, 2.75) is 55.4 Å². The molecule has 50 heavy (non-hydrogen) atoms. The Kier molecular flexibility index (Phi) is 7.28. The summed E-state index contributed by atoms with van der Waals surface area (Å²) in [5.41, 5.74) is 35.5. The molecular weight excluding hydrogens is 605 g/mol. The number of nitrogens with two attached hydrogens (primary N) is 2. The number of nitrogen functional groups attached to an aromatic ring is 2. The van der Waals surface area contributed by atoms with Crippen LogP contribution in [0.1, 0.15) is 44.5 Å². The van der Waals surface area contributed by atoms with Crippen LogP contribution in [-0.4, -0.2) is 0 Å². The van der Waals surface area contributed by atoms with Crippen molar-refractivity contribution in [2.24, 2.45) is 0 Å². The lowest BCUT2D eigenvalue weighted by Gasteiger charge is -2.27. The third-order valence-electron chi connectivity index (χ3n) is 11.5. The molecule has 0 heterocycles. The maximum absolute atomic E-state index is 7.48. The van der Waals surface area contributed by atoms with Gasteiger partial charge >= 0.3 is 0 Å². The predicted molar refractivity (Wildman–Crippen MR) is 219 cm³/mol. The molecule has 0 bridgehead atoms. The Balaban J connectivity index is 1.75. The molecule has 0 aliphatic rings. The number of aryl methyl sites for hydroxylation is 8. The van der Waals surface area contributed by atoms with Crippen molar-refractivity contribution in [1.82, 2.24) is 0 Å². The van der Waals surface area contributed by atoms with E-state index in [1.807, 2.05) is 0 Å². The van der Waals surface area contributed by atoms with Gasteiger partial charge in [-0.3, -0.25) is 0 Å². The molecule has 246 valence electrons. The van der Waals surface area contributed by atoms with E-state index < -0.39 is 0 Å². The first kappa shape index (κ1) is 31.7. The number of benzene rings is 8. The number of anilines is 2. The van der Waals surface area contributed by atoms with E-state index in [-0.39, 0.29) is 0 Å². The number of rotatable bonds is 4. The van der Waals surface area contributed by atoms with Gasteiger partial charge in [-0.25, -0.2) is 0 Å². The Hall–Kier alpha value is -5.60. The Morgan fingerprint density at radius 2 is 0.700 bits per heavy atom. The van der Waals surface area contributed by atoms with Gasteiger partial charge in [0.25, 0.3) is 0 Å². The van der Waals surface area contributed by atoms with Crippen molar-refractivity contribution in [3.63, 3.8) is 0 Å². The summed E-state index contributed by atoms with van der Waals surface area (Å²) < 4.78 is 0. The quantitative estimate of drug-likeness (QED) is 0.147. The van der Waals surface area contributed by atoms with Crippen LogP contribution in [0.4, 0.5) is 11.4 Å². The highest BCUT2D eigenvalue weighted by molar-refractivity contribution is 6.38. The average Bonchev–Trinajstić information content (AvgIpc) is 3.09. The van der Waals surface area contributed by atoms with E-state index in [1.165, 1.54) is 82.9 Å². The lowest BCUT2D eigenvalue weighted by Crippen LogP contribution is -2.03. The molecule has 2 nitrogen and oxygen atoms in total. The highest BCUT2D eigenvalue weighted by Gasteiger charge is 2.28. The summed E-state index contributed by atoms with van der Waals surface area (Å²) >= 11 is 0. The second kappa shape index (κ2) is 11.5. The fraction of sp³-hybridized carbons (Fsp3) is 0.167. The van der Waals surface area contributed by atoms with E-state index >= 15 is 0 Å². The van der Waals surface area contributed by atoms with Crippen molar-refractivity contribution in [1.29, 1.82) is 0 Å². The van der Waals surface area contributed by atoms with E-state index in [0.717, 1.165) is 49.8 Å². The predicted octanol–water partition coefficient (Wildman–Crippen LogP) is 12.9. The zero-order valence-corrected chi connectivity index (χ0v) is 30.4. The van der Waals surface area contributed by atoms with Gasteiger partial charge in [0.05, 0.1) is 0 Å². The van der Waals surface area contributed by atoms with Crippen LogP contribution < -0.4 is 11.5 Å². The number of hydrogen-bond acceptors (Lipinski definition) is 2. The second-order valence-electron chi connectivity index (χ2n) is 14.6. The van der Waals surface area contributed by atoms with Gasteiger partial charge in [0.2, 0.25) is 0 Å². The maximum atomic E-state index is 7.48. The van der Waals surface area contributed by atoms with E-state index in [9.17, 15) is 0 Å². The molecule has 4 N–H and O–H groups in total. The minimum Gasteiger partial charge on any atom is -0.398 e. The molecule has 0 amide bonds. The fourth-order valence-corrected chi connectivity index (χ4v) is 7.96. The molecule has 0 spiro atoms. The zero-order chi connectivity index (χ0) is 35.2. The van der Waals surface area contributed by atoms with Gasteiger partial charge in [0.1, 0.15) is 0 Å². The van der Waals surface area contributed by atoms with Gasteiger partial charge in [-0.2, -0.15) is 0 Å². The SMILES string of the molecule is Cc1ccc(-c2c(N)c3ccc4ccc(N)c5c(-c6ccc(C)c(C)c6)c(-c6ccc(C)c(C)c6)c(c2-c2ccc(C)c(C)c2)c3c45)cc1C. The zero-order valence-electron chi connectivity index (χ0n) is 30.4. The van der Waals surface area contributed by atoms with Crippen LogP contribution in [-0.2, 0) is 0 Å². The molecule has 0 unspecified atom stereocenters. The fourth-order valence-electron chi connectivity index (χ4n) is 7.96. The Bertz CT molecular complexity index is 2690. The van der Waals surface area contributed by atoms with Gasteiger partial charge in [-0.15, -0.1) is 0 Å². The Morgan fingerprint density at radius 1 is 0.320 bits per heavy atom. The molecule has 0 saturated heterocycles. The Morgan fingerprint density at radius 3 is 1.14 bits per heavy atom. The smallest absolute Gasteiger partial charge is 0.0480 e. The molecule has 0 aromatic heterocycles. The first-order chi connectivity index (χ1) is 23.9. The van der Waals surface area contributed by atoms with E-state index in [4.69, 9.17) is 11.5 Å². The molecular formula is C48H44N2. The third kappa shape index (κ3) is 4.70. The van der Waals surface area contributed by atoms with Gasteiger partial charge < -0.3 is 11.5 Å². The highest BCUT2D eigenvalue weighted by atomic mass is 14.6. The van der Waals surface area contributed by atoms with Gasteiger partial charge in [-0.1, -0.05) is 91.0 Å². The maximum Gasteiger partial charge on any atom is 0.0480 e. The third-order valence-corrected chi connectivity index (χ3v) is 11.5. The topological polar surface area (TPSA) is 52.0 Å². The van der Waals surface area contributed by atoms with Crippen LogP contribution in [0.2, 0.25) is 0 Å². The second-order valence-corrected chi connectivity index (χ2v) is 14.6. The lowest BCUT2D eigenvalue weighted by atomic mass is 9.76. The minimum atomic E-state index is 0.773. The van der Waals surface area contributed by atoms with Gasteiger partial charge in [0.15, 0.2) is 0 Å². The van der Waals surface area contributed by atoms with Gasteiger partial charge in [-0.05, 0) is 145 Å². The van der Waals surface area contributed by atoms with Crippen molar-refractivity contribution in [3.05, 3.63) is 142 Å². The van der Waals surface area contributed by atoms with Crippen LogP contribution in [0.3, 0.4) is 0 Å². The molecule has 2 heteroatoms. The molecule has 8 aromatic carbocycles. The summed E-state index contributed by atoms with van der Waals surface area (Å²) in [7, 11) is 0. The summed E-state index contributed by atoms with van der Waals surface area (Å²) in [5.74, 6) is 0. The first-order valence-electron chi connectivity index (χ1n) is 17.6. The molecule has 0 atom stereocenters. The van der Waals surface area contributed by atoms with Crippen molar-refractivity contribution < 1.29 is 0 Å². The van der Waals surface area contributed by atoms with Crippen LogP contribution in [0, 0.1) is 55.4 Å². The average molecular weight is 649 g/mol. The van der Waals surface area contributed by atoms with Gasteiger partial charge in [0, 0.05) is 49.6 Å². The van der Waals surface area contributed by atoms with Crippen molar-refractivity contribution >= 4 is 43.7 Å². The van der Waals surface area contributed by atoms with E-state index in [0.29, 0.717) is 0 Å². The molecule has 0 fully saturated rings. The molecule has 0 saturated carbocycles. The largest absolute Gasteiger partial charge is 0.398 e. The van der Waals surface area contributed by atoms with E-state index in [1.54, 1.807) is 0 Å². The molecule has 0 aliphatic heterocycles. The van der Waals surface area contributed by atoms with Crippen LogP contribution in [0.25, 0.3) is 76.8 Å². The Labute approximate surface area is 295 Å². The van der Waals surface area contributed by atoms with Crippen molar-refractivity contribution in [2.75, 3.05) is 11.5 Å². The molecule has 0 radical (unpaired) electrons. The van der Waals surface area contributed by atoms with E-state index in [2.05, 4.69) is 152 Å². The first-order valence-corrected chi connectivity index (χ1v) is 17.6. The normalized spacial score (nSPS) is 11.8. The standard InChI is InChI=1S/C48H44N2/c1-25-9-13-34(21-29(25)5)41-42(35-14-10-26(2)30(6)22-35)47-43(36-15-11-27(3)31(7)23-36)44(37-16-12-28(4)32(8)24-37)48(50)38-19-17-33-18-20-39(49)46(41)40(33)45(38)47/h9-24H,49-50H2,1-8H3. The lowest BCUT2D eigenvalue weighted by molar-refractivity contribution is 1.33. The minimum absolute atomic E-state index is 0.773. The summed E-state index contributed by atoms with van der Waals surface area (Å²) in [6.45, 7) is 17.5. The van der Waals surface area contributed by atoms with Crippen LogP contribution in [0.5, 0.6) is 0 Å². The highest BCUT2D eigenvalue weighted by Crippen LogP contribution is 2.56. The van der Waals surface area contributed by atoms with Crippen LogP contribution in [0.15, 0.2) is 97.1 Å². The summed E-state index contributed by atoms with van der Waals surface area (Å²) in [6.07, 6.45) is 0. The molecule has 0 aliphatic carbocycles. The summed E-state index contributed by atoms with van der Waals surface area (Å²) in [5, 5.41) is 6.85. The summed E-state index contributed by atoms with van der Waals surface area (Å²) in [4.78, 5) is 0.